The second kappa shape index (κ2) is 7.37. The van der Waals surface area contributed by atoms with Crippen LogP contribution in [0, 0.1) is 4.84 Å². The van der Waals surface area contributed by atoms with Gasteiger partial charge in [0, 0.05) is 26.2 Å². The molecule has 0 saturated carbocycles. The van der Waals surface area contributed by atoms with Crippen LogP contribution < -0.4 is 0 Å². The fourth-order valence-electron chi connectivity index (χ4n) is 3.21. The van der Waals surface area contributed by atoms with E-state index in [1.807, 2.05) is 4.57 Å². The van der Waals surface area contributed by atoms with Crippen LogP contribution in [0.4, 0.5) is 0 Å². The second-order valence-electron chi connectivity index (χ2n) is 6.31. The average Bonchev–Trinajstić information content (AvgIpc) is 2.98. The maximum Gasteiger partial charge on any atom is 0.270 e. The second-order valence-corrected chi connectivity index (χ2v) is 8.60. The van der Waals surface area contributed by atoms with E-state index in [4.69, 9.17) is 26.1 Å². The first-order chi connectivity index (χ1) is 12.6. The zero-order chi connectivity index (χ0) is 18.1. The standard InChI is InChI=1S/C16H21N3O5S2/c20-26(21,18-5-9-23-10-6-18)13-1-2-15-14(11-13)19(16(25)24-15)12-17-3-7-22-8-4-17/h1-2,11H,3-10,12H2. The quantitative estimate of drug-likeness (QED) is 0.717. The number of sulfonamides is 1. The number of ether oxygens (including phenoxy) is 2. The summed E-state index contributed by atoms with van der Waals surface area (Å²) in [6, 6.07) is 4.90. The largest absolute Gasteiger partial charge is 0.429 e. The first-order valence-electron chi connectivity index (χ1n) is 8.57. The zero-order valence-corrected chi connectivity index (χ0v) is 15.9. The highest BCUT2D eigenvalue weighted by molar-refractivity contribution is 7.89. The summed E-state index contributed by atoms with van der Waals surface area (Å²) < 4.78 is 45.4. The SMILES string of the molecule is O=S(=O)(c1ccc2oc(=S)n(CN3CCOCC3)c2c1)N1CCOCC1. The van der Waals surface area contributed by atoms with Gasteiger partial charge in [-0.05, 0) is 30.4 Å². The molecule has 10 heteroatoms. The third-order valence-corrected chi connectivity index (χ3v) is 6.89. The molecule has 2 aromatic rings. The van der Waals surface area contributed by atoms with Crippen LogP contribution in [0.5, 0.6) is 0 Å². The van der Waals surface area contributed by atoms with Gasteiger partial charge in [-0.3, -0.25) is 9.47 Å². The fraction of sp³-hybridized carbons (Fsp3) is 0.562. The molecule has 3 heterocycles. The van der Waals surface area contributed by atoms with E-state index in [0.29, 0.717) is 62.1 Å². The molecular weight excluding hydrogens is 378 g/mol. The van der Waals surface area contributed by atoms with Crippen LogP contribution in [0.1, 0.15) is 0 Å². The normalized spacial score (nSPS) is 20.6. The molecule has 2 aliphatic heterocycles. The van der Waals surface area contributed by atoms with Crippen LogP contribution in [0.25, 0.3) is 11.1 Å². The molecule has 1 aromatic carbocycles. The number of rotatable bonds is 4. The van der Waals surface area contributed by atoms with Gasteiger partial charge in [-0.1, -0.05) is 0 Å². The van der Waals surface area contributed by atoms with Crippen LogP contribution in [-0.2, 0) is 26.2 Å². The molecule has 0 spiro atoms. The maximum absolute atomic E-state index is 12.9. The summed E-state index contributed by atoms with van der Waals surface area (Å²) in [7, 11) is -3.56. The molecule has 2 aliphatic rings. The van der Waals surface area contributed by atoms with Gasteiger partial charge < -0.3 is 13.9 Å². The average molecular weight is 399 g/mol. The smallest absolute Gasteiger partial charge is 0.270 e. The number of benzene rings is 1. The molecular formula is C16H21N3O5S2. The Morgan fingerprint density at radius 2 is 1.65 bits per heavy atom. The lowest BCUT2D eigenvalue weighted by atomic mass is 10.3. The monoisotopic (exact) mass is 399 g/mol. The summed E-state index contributed by atoms with van der Waals surface area (Å²) >= 11 is 5.35. The minimum atomic E-state index is -3.56. The molecule has 0 amide bonds. The molecule has 0 atom stereocenters. The highest BCUT2D eigenvalue weighted by atomic mass is 32.2. The van der Waals surface area contributed by atoms with Crippen molar-refractivity contribution < 1.29 is 22.3 Å². The van der Waals surface area contributed by atoms with E-state index in [2.05, 4.69) is 4.90 Å². The highest BCUT2D eigenvalue weighted by Crippen LogP contribution is 2.25. The molecule has 0 unspecified atom stereocenters. The van der Waals surface area contributed by atoms with Crippen molar-refractivity contribution in [3.8, 4) is 0 Å². The first-order valence-corrected chi connectivity index (χ1v) is 10.4. The summed E-state index contributed by atoms with van der Waals surface area (Å²) in [5.74, 6) is 0. The fourth-order valence-corrected chi connectivity index (χ4v) is 4.89. The Morgan fingerprint density at radius 1 is 1.00 bits per heavy atom. The number of fused-ring (bicyclic) bond motifs is 1. The highest BCUT2D eigenvalue weighted by Gasteiger charge is 2.27. The zero-order valence-electron chi connectivity index (χ0n) is 14.3. The van der Waals surface area contributed by atoms with Gasteiger partial charge in [-0.15, -0.1) is 0 Å². The lowest BCUT2D eigenvalue weighted by Gasteiger charge is -2.27. The van der Waals surface area contributed by atoms with Crippen molar-refractivity contribution in [3.63, 3.8) is 0 Å². The Balaban J connectivity index is 1.69. The lowest BCUT2D eigenvalue weighted by Crippen LogP contribution is -2.40. The molecule has 2 saturated heterocycles. The van der Waals surface area contributed by atoms with Crippen LogP contribution >= 0.6 is 12.2 Å². The van der Waals surface area contributed by atoms with Crippen molar-refractivity contribution in [1.82, 2.24) is 13.8 Å². The Labute approximate surface area is 156 Å². The summed E-state index contributed by atoms with van der Waals surface area (Å²) in [6.07, 6.45) is 0. The van der Waals surface area contributed by atoms with Crippen LogP contribution in [0.3, 0.4) is 0 Å². The molecule has 0 bridgehead atoms. The summed E-state index contributed by atoms with van der Waals surface area (Å²) in [5, 5.41) is 0. The van der Waals surface area contributed by atoms with Gasteiger partial charge in [-0.2, -0.15) is 4.31 Å². The van der Waals surface area contributed by atoms with Crippen LogP contribution in [-0.4, -0.2) is 74.8 Å². The third kappa shape index (κ3) is 3.45. The molecule has 0 aliphatic carbocycles. The lowest BCUT2D eigenvalue weighted by molar-refractivity contribution is 0.0234. The molecule has 1 aromatic heterocycles. The summed E-state index contributed by atoms with van der Waals surface area (Å²) in [4.78, 5) is 2.79. The molecule has 0 N–H and O–H groups in total. The van der Waals surface area contributed by atoms with E-state index in [1.165, 1.54) is 4.31 Å². The number of aromatic nitrogens is 1. The van der Waals surface area contributed by atoms with Gasteiger partial charge in [0.1, 0.15) is 0 Å². The van der Waals surface area contributed by atoms with Crippen LogP contribution in [0.15, 0.2) is 27.5 Å². The van der Waals surface area contributed by atoms with Gasteiger partial charge in [0.25, 0.3) is 4.84 Å². The Kier molecular flexibility index (Phi) is 5.13. The van der Waals surface area contributed by atoms with E-state index in [0.717, 1.165) is 13.1 Å². The van der Waals surface area contributed by atoms with Crippen molar-refractivity contribution in [2.75, 3.05) is 52.6 Å². The number of hydrogen-bond acceptors (Lipinski definition) is 7. The topological polar surface area (TPSA) is 77.2 Å². The Morgan fingerprint density at radius 3 is 2.35 bits per heavy atom. The Hall–Kier alpha value is -1.30. The van der Waals surface area contributed by atoms with E-state index in [1.54, 1.807) is 18.2 Å². The third-order valence-electron chi connectivity index (χ3n) is 4.69. The van der Waals surface area contributed by atoms with Gasteiger partial charge in [0.2, 0.25) is 10.0 Å². The summed E-state index contributed by atoms with van der Waals surface area (Å²) in [6.45, 7) is 5.09. The van der Waals surface area contributed by atoms with Gasteiger partial charge in [0.05, 0.1) is 43.5 Å². The van der Waals surface area contributed by atoms with Gasteiger partial charge in [-0.25, -0.2) is 8.42 Å². The Bertz CT molecular complexity index is 940. The maximum atomic E-state index is 12.9. The van der Waals surface area contributed by atoms with E-state index < -0.39 is 10.0 Å². The van der Waals surface area contributed by atoms with Crippen molar-refractivity contribution in [2.45, 2.75) is 11.6 Å². The number of nitrogens with zero attached hydrogens (tertiary/aromatic N) is 3. The predicted molar refractivity (Wildman–Crippen MR) is 97.0 cm³/mol. The molecule has 4 rings (SSSR count). The molecule has 2 fully saturated rings. The number of hydrogen-bond donors (Lipinski definition) is 0. The first kappa shape index (κ1) is 18.1. The van der Waals surface area contributed by atoms with Crippen molar-refractivity contribution in [3.05, 3.63) is 23.0 Å². The van der Waals surface area contributed by atoms with Crippen molar-refractivity contribution >= 4 is 33.3 Å². The van der Waals surface area contributed by atoms with Crippen molar-refractivity contribution in [2.24, 2.45) is 0 Å². The van der Waals surface area contributed by atoms with E-state index in [9.17, 15) is 8.42 Å². The molecule has 142 valence electrons. The van der Waals surface area contributed by atoms with Crippen LogP contribution in [0.2, 0.25) is 0 Å². The molecule has 26 heavy (non-hydrogen) atoms. The van der Waals surface area contributed by atoms with Gasteiger partial charge in [0.15, 0.2) is 5.58 Å². The minimum absolute atomic E-state index is 0.249. The minimum Gasteiger partial charge on any atom is -0.429 e. The molecule has 0 radical (unpaired) electrons. The van der Waals surface area contributed by atoms with Gasteiger partial charge >= 0.3 is 0 Å². The van der Waals surface area contributed by atoms with Crippen molar-refractivity contribution in [1.29, 1.82) is 0 Å². The number of oxazole rings is 1. The summed E-state index contributed by atoms with van der Waals surface area (Å²) in [5.41, 5.74) is 1.28. The molecule has 8 nitrogen and oxygen atoms in total. The van der Waals surface area contributed by atoms with E-state index >= 15 is 0 Å². The number of morpholine rings is 2. The predicted octanol–water partition coefficient (Wildman–Crippen LogP) is 1.27. The van der Waals surface area contributed by atoms with E-state index in [-0.39, 0.29) is 4.90 Å².